The average molecular weight is 578 g/mol. The minimum Gasteiger partial charge on any atom is -0.493 e. The first kappa shape index (κ1) is 28.8. The van der Waals surface area contributed by atoms with Crippen molar-refractivity contribution in [1.29, 1.82) is 0 Å². The molecule has 40 heavy (non-hydrogen) atoms. The number of nitrogens with one attached hydrogen (secondary N) is 2. The Morgan fingerprint density at radius 3 is 2.38 bits per heavy atom. The van der Waals surface area contributed by atoms with Crippen molar-refractivity contribution in [2.45, 2.75) is 19.4 Å². The van der Waals surface area contributed by atoms with Crippen LogP contribution in [0.25, 0.3) is 0 Å². The zero-order chi connectivity index (χ0) is 29.2. The molecule has 1 unspecified atom stereocenters. The van der Waals surface area contributed by atoms with Crippen molar-refractivity contribution >= 4 is 42.4 Å². The quantitative estimate of drug-likeness (QED) is 0.298. The van der Waals surface area contributed by atoms with E-state index in [1.165, 1.54) is 47.3 Å². The second-order valence-electron chi connectivity index (χ2n) is 9.09. The predicted molar refractivity (Wildman–Crippen MR) is 143 cm³/mol. The molecule has 3 N–H and O–H groups in total. The molecule has 1 aromatic carbocycles. The monoisotopic (exact) mass is 578 g/mol. The number of methoxy groups -OCH3 is 3. The summed E-state index contributed by atoms with van der Waals surface area (Å²) in [6, 6.07) is 6.23. The number of pyridine rings is 1. The van der Waals surface area contributed by atoms with E-state index in [1.54, 1.807) is 12.1 Å². The van der Waals surface area contributed by atoms with Crippen LogP contribution >= 0.6 is 7.37 Å². The summed E-state index contributed by atoms with van der Waals surface area (Å²) in [4.78, 5) is 40.4. The van der Waals surface area contributed by atoms with Gasteiger partial charge in [0.1, 0.15) is 5.82 Å². The molecule has 3 heterocycles. The van der Waals surface area contributed by atoms with Crippen molar-refractivity contribution in [3.05, 3.63) is 36.3 Å². The summed E-state index contributed by atoms with van der Waals surface area (Å²) >= 11 is 0. The van der Waals surface area contributed by atoms with E-state index >= 15 is 0 Å². The second-order valence-corrected chi connectivity index (χ2v) is 11.5. The van der Waals surface area contributed by atoms with Crippen LogP contribution in [0.2, 0.25) is 0 Å². The van der Waals surface area contributed by atoms with Gasteiger partial charge in [-0.25, -0.2) is 14.4 Å². The number of carbonyl (C=O) groups is 1. The molecule has 1 aliphatic heterocycles. The Morgan fingerprint density at radius 1 is 1.10 bits per heavy atom. The lowest BCUT2D eigenvalue weighted by Gasteiger charge is -2.36. The van der Waals surface area contributed by atoms with Gasteiger partial charge in [-0.1, -0.05) is 0 Å². The van der Waals surface area contributed by atoms with Gasteiger partial charge in [0.2, 0.25) is 24.9 Å². The summed E-state index contributed by atoms with van der Waals surface area (Å²) < 4.78 is 48.2. The van der Waals surface area contributed by atoms with E-state index in [9.17, 15) is 18.6 Å². The lowest BCUT2D eigenvalue weighted by atomic mass is 10.1. The zero-order valence-electron chi connectivity index (χ0n) is 22.5. The fraction of sp³-hybridized carbons (Fsp3) is 0.333. The molecule has 1 atom stereocenters. The first-order valence-corrected chi connectivity index (χ1v) is 14.0. The Bertz CT molecular complexity index is 1460. The van der Waals surface area contributed by atoms with Crippen LogP contribution in [-0.4, -0.2) is 65.7 Å². The molecule has 0 bridgehead atoms. The first-order valence-electron chi connectivity index (χ1n) is 11.7. The van der Waals surface area contributed by atoms with E-state index in [1.807, 2.05) is 0 Å². The molecule has 16 heteroatoms. The van der Waals surface area contributed by atoms with Crippen LogP contribution in [0.4, 0.5) is 33.5 Å². The Hall–Kier alpha value is -4.20. The molecular weight excluding hydrogens is 550 g/mol. The van der Waals surface area contributed by atoms with Crippen LogP contribution in [0.3, 0.4) is 0 Å². The number of hydrogen-bond acceptors (Lipinski definition) is 12. The molecule has 0 spiro atoms. The molecule has 0 radical (unpaired) electrons. The van der Waals surface area contributed by atoms with Gasteiger partial charge < -0.3 is 34.5 Å². The highest BCUT2D eigenvalue weighted by atomic mass is 31.2. The molecular formula is C24H28FN6O8P. The van der Waals surface area contributed by atoms with Gasteiger partial charge in [0.05, 0.1) is 27.5 Å². The van der Waals surface area contributed by atoms with Gasteiger partial charge in [-0.15, -0.1) is 0 Å². The van der Waals surface area contributed by atoms with Crippen LogP contribution in [0.15, 0.2) is 30.5 Å². The maximum absolute atomic E-state index is 14.7. The highest BCUT2D eigenvalue weighted by molar-refractivity contribution is 7.56. The van der Waals surface area contributed by atoms with E-state index in [2.05, 4.69) is 25.6 Å². The average Bonchev–Trinajstić information content (AvgIpc) is 2.89. The molecule has 214 valence electrons. The molecule has 1 aliphatic rings. The third-order valence-corrected chi connectivity index (χ3v) is 6.03. The van der Waals surface area contributed by atoms with Gasteiger partial charge >= 0.3 is 0 Å². The predicted octanol–water partition coefficient (Wildman–Crippen LogP) is 3.82. The molecule has 1 amide bonds. The summed E-state index contributed by atoms with van der Waals surface area (Å²) in [6.07, 6.45) is 0.322. The number of hydroxylamine groups is 1. The number of carbonyl (C=O) groups excluding carboxylic acids is 1. The van der Waals surface area contributed by atoms with Gasteiger partial charge in [-0.2, -0.15) is 10.0 Å². The fourth-order valence-corrected chi connectivity index (χ4v) is 3.92. The lowest BCUT2D eigenvalue weighted by Crippen LogP contribution is -2.52. The maximum Gasteiger partial charge on any atom is 0.296 e. The minimum absolute atomic E-state index is 0.0306. The van der Waals surface area contributed by atoms with E-state index in [0.29, 0.717) is 22.9 Å². The van der Waals surface area contributed by atoms with Crippen LogP contribution in [0, 0.1) is 5.82 Å². The van der Waals surface area contributed by atoms with E-state index < -0.39 is 31.0 Å². The smallest absolute Gasteiger partial charge is 0.296 e. The summed E-state index contributed by atoms with van der Waals surface area (Å²) in [5.74, 6) is -0.327. The third kappa shape index (κ3) is 6.17. The van der Waals surface area contributed by atoms with Gasteiger partial charge in [-0.05, 0) is 26.0 Å². The van der Waals surface area contributed by atoms with Crippen molar-refractivity contribution in [2.24, 2.45) is 0 Å². The number of hydrogen-bond donors (Lipinski definition) is 3. The zero-order valence-corrected chi connectivity index (χ0v) is 23.4. The van der Waals surface area contributed by atoms with Crippen molar-refractivity contribution in [3.63, 3.8) is 0 Å². The topological polar surface area (TPSA) is 166 Å². The highest BCUT2D eigenvalue weighted by Crippen LogP contribution is 2.42. The van der Waals surface area contributed by atoms with Crippen LogP contribution in [0.5, 0.6) is 23.0 Å². The van der Waals surface area contributed by atoms with E-state index in [4.69, 9.17) is 23.8 Å². The van der Waals surface area contributed by atoms with E-state index in [-0.39, 0.29) is 29.2 Å². The summed E-state index contributed by atoms with van der Waals surface area (Å²) in [5, 5.41) is 6.49. The third-order valence-electron chi connectivity index (χ3n) is 5.43. The normalized spacial score (nSPS) is 15.4. The highest BCUT2D eigenvalue weighted by Gasteiger charge is 2.43. The largest absolute Gasteiger partial charge is 0.493 e. The number of amides is 1. The van der Waals surface area contributed by atoms with E-state index in [0.717, 1.165) is 17.9 Å². The van der Waals surface area contributed by atoms with Gasteiger partial charge in [0.15, 0.2) is 40.8 Å². The number of ether oxygens (including phenoxy) is 4. The Morgan fingerprint density at radius 2 is 1.77 bits per heavy atom. The van der Waals surface area contributed by atoms with Gasteiger partial charge in [-0.3, -0.25) is 14.2 Å². The number of benzene rings is 1. The van der Waals surface area contributed by atoms with Gasteiger partial charge in [0.25, 0.3) is 5.91 Å². The van der Waals surface area contributed by atoms with Crippen LogP contribution in [0.1, 0.15) is 13.8 Å². The first-order chi connectivity index (χ1) is 18.8. The molecule has 14 nitrogen and oxygen atoms in total. The number of anilines is 5. The van der Waals surface area contributed by atoms with Gasteiger partial charge in [0, 0.05) is 24.5 Å². The SMILES string of the molecule is COc1cc(Nc2ncc(F)c(Nc3ccc4c(n3)N(OCP(C)(=O)O)C(=O)C(C)(C)O4)n2)cc(OC)c1OC. The summed E-state index contributed by atoms with van der Waals surface area (Å²) in [7, 11) is 0.790. The number of rotatable bonds is 10. The number of nitrogens with zero attached hydrogens (tertiary/aromatic N) is 4. The second kappa shape index (κ2) is 11.1. The van der Waals surface area contributed by atoms with Crippen LogP contribution < -0.4 is 34.6 Å². The van der Waals surface area contributed by atoms with Crippen molar-refractivity contribution < 1.29 is 42.4 Å². The number of aromatic nitrogens is 3. The Labute approximate surface area is 228 Å². The molecule has 0 fully saturated rings. The fourth-order valence-electron chi connectivity index (χ4n) is 3.59. The molecule has 0 saturated carbocycles. The van der Waals surface area contributed by atoms with Crippen molar-refractivity contribution in [3.8, 4) is 23.0 Å². The molecule has 4 rings (SSSR count). The Balaban J connectivity index is 1.62. The number of halogens is 1. The van der Waals surface area contributed by atoms with Crippen molar-refractivity contribution in [1.82, 2.24) is 15.0 Å². The maximum atomic E-state index is 14.7. The molecule has 0 aliphatic carbocycles. The lowest BCUT2D eigenvalue weighted by molar-refractivity contribution is -0.140. The minimum atomic E-state index is -3.63. The molecule has 3 aromatic rings. The standard InChI is InChI=1S/C24H28FN6O8P/c1-24(2)22(32)31(38-12-40(6,33)34)21-15(39-24)7-8-18(29-21)28-20-14(25)11-26-23(30-20)27-13-9-16(35-3)19(37-5)17(10-13)36-4/h7-11H,12H2,1-6H3,(H,33,34)(H2,26,27,28,29,30). The number of fused-ring (bicyclic) bond motifs is 1. The molecule has 2 aromatic heterocycles. The summed E-state index contributed by atoms with van der Waals surface area (Å²) in [6.45, 7) is 4.13. The Kier molecular flexibility index (Phi) is 8.00. The summed E-state index contributed by atoms with van der Waals surface area (Å²) in [5.41, 5.74) is -0.856. The van der Waals surface area contributed by atoms with Crippen LogP contribution in [-0.2, 0) is 14.2 Å². The molecule has 0 saturated heterocycles. The van der Waals surface area contributed by atoms with Crippen molar-refractivity contribution in [2.75, 3.05) is 50.0 Å².